The van der Waals surface area contributed by atoms with E-state index in [0.717, 1.165) is 22.3 Å². The number of hydrogen-bond acceptors (Lipinski definition) is 4. The number of aliphatic imine (C=N–C) groups is 2. The van der Waals surface area contributed by atoms with Crippen molar-refractivity contribution in [3.05, 3.63) is 0 Å². The van der Waals surface area contributed by atoms with Crippen LogP contribution in [0, 0.1) is 11.8 Å². The average molecular weight is 367 g/mol. The summed E-state index contributed by atoms with van der Waals surface area (Å²) in [6.45, 7) is 9.07. The third kappa shape index (κ3) is 4.60. The fourth-order valence-corrected chi connectivity index (χ4v) is 7.32. The van der Waals surface area contributed by atoms with E-state index in [9.17, 15) is 0 Å². The number of fused-ring (bicyclic) bond motifs is 2. The lowest BCUT2D eigenvalue weighted by Crippen LogP contribution is -2.44. The summed E-state index contributed by atoms with van der Waals surface area (Å²) in [4.78, 5) is 9.49. The van der Waals surface area contributed by atoms with Gasteiger partial charge in [-0.1, -0.05) is 58.8 Å². The molecule has 2 saturated carbocycles. The van der Waals surface area contributed by atoms with Gasteiger partial charge in [-0.05, 0) is 32.1 Å². The monoisotopic (exact) mass is 366 g/mol. The van der Waals surface area contributed by atoms with E-state index in [-0.39, 0.29) is 0 Å². The first-order valence-electron chi connectivity index (χ1n) is 9.96. The van der Waals surface area contributed by atoms with Crippen LogP contribution in [0.15, 0.2) is 9.98 Å². The molecule has 0 bridgehead atoms. The van der Waals surface area contributed by atoms with Gasteiger partial charge >= 0.3 is 0 Å². The van der Waals surface area contributed by atoms with Gasteiger partial charge in [0, 0.05) is 10.5 Å². The van der Waals surface area contributed by atoms with Crippen molar-refractivity contribution in [3.63, 3.8) is 0 Å². The maximum atomic E-state index is 4.75. The van der Waals surface area contributed by atoms with Gasteiger partial charge in [0.05, 0.1) is 22.2 Å². The molecule has 0 radical (unpaired) electrons. The molecule has 0 spiro atoms. The molecule has 0 aromatic rings. The summed E-state index contributed by atoms with van der Waals surface area (Å²) in [7, 11) is 0. The van der Waals surface area contributed by atoms with E-state index >= 15 is 0 Å². The Hall–Kier alpha value is 0.0400. The molecule has 0 saturated heterocycles. The Morgan fingerprint density at radius 1 is 0.750 bits per heavy atom. The van der Waals surface area contributed by atoms with Gasteiger partial charge in [0.15, 0.2) is 0 Å². The normalized spacial score (nSPS) is 39.6. The molecule has 4 rings (SSSR count). The highest BCUT2D eigenvalue weighted by Crippen LogP contribution is 2.48. The Labute approximate surface area is 157 Å². The summed E-state index contributed by atoms with van der Waals surface area (Å²) in [6.07, 6.45) is 11.6. The van der Waals surface area contributed by atoms with E-state index in [1.165, 1.54) is 61.5 Å². The maximum Gasteiger partial charge on any atom is 0.0655 e. The molecule has 4 atom stereocenters. The summed E-state index contributed by atoms with van der Waals surface area (Å²) in [5.74, 6) is 1.76. The van der Waals surface area contributed by atoms with Gasteiger partial charge in [0.2, 0.25) is 0 Å². The first-order chi connectivity index (χ1) is 11.5. The van der Waals surface area contributed by atoms with Gasteiger partial charge in [-0.15, -0.1) is 23.5 Å². The molecule has 0 N–H and O–H groups in total. The van der Waals surface area contributed by atoms with Crippen LogP contribution in [0.1, 0.15) is 79.1 Å². The van der Waals surface area contributed by atoms with Crippen LogP contribution in [0.5, 0.6) is 0 Å². The van der Waals surface area contributed by atoms with Crippen LogP contribution in [-0.2, 0) is 0 Å². The highest BCUT2D eigenvalue weighted by Gasteiger charge is 2.47. The van der Waals surface area contributed by atoms with E-state index in [4.69, 9.17) is 9.98 Å². The van der Waals surface area contributed by atoms with Gasteiger partial charge in [0.25, 0.3) is 0 Å². The standard InChI is InChI=1S/C11H16N2S2.C9H18/c1-5-10-8(12-6(2)14-10)4-9-11(5)15-7(3)13-9;1-9-7-5-3-2-4-6-8-9/h5,8-11H,4H2,1-3H3;9H,2-8H2,1H3. The van der Waals surface area contributed by atoms with Crippen molar-refractivity contribution in [2.75, 3.05) is 0 Å². The minimum atomic E-state index is 0.543. The van der Waals surface area contributed by atoms with Gasteiger partial charge in [-0.25, -0.2) is 0 Å². The van der Waals surface area contributed by atoms with Crippen molar-refractivity contribution < 1.29 is 0 Å². The van der Waals surface area contributed by atoms with E-state index in [1.54, 1.807) is 0 Å². The Morgan fingerprint density at radius 3 is 1.71 bits per heavy atom. The van der Waals surface area contributed by atoms with Crippen molar-refractivity contribution in [3.8, 4) is 0 Å². The summed E-state index contributed by atoms with van der Waals surface area (Å²) >= 11 is 3.99. The van der Waals surface area contributed by atoms with E-state index in [0.29, 0.717) is 12.1 Å². The lowest BCUT2D eigenvalue weighted by Gasteiger charge is -2.37. The molecule has 0 amide bonds. The molecular formula is C20H34N2S2. The molecule has 2 heterocycles. The number of thioether (sulfide) groups is 2. The van der Waals surface area contributed by atoms with E-state index in [1.807, 2.05) is 23.5 Å². The molecule has 2 nitrogen and oxygen atoms in total. The van der Waals surface area contributed by atoms with Gasteiger partial charge in [-0.2, -0.15) is 0 Å². The SMILES string of the molecule is CC1=NC2CC3N=C(C)SC3C(C)C2S1.CC1CCCCCCC1. The molecule has 136 valence electrons. The third-order valence-corrected chi connectivity index (χ3v) is 8.90. The summed E-state index contributed by atoms with van der Waals surface area (Å²) in [5.41, 5.74) is 0. The van der Waals surface area contributed by atoms with Crippen molar-refractivity contribution in [1.29, 1.82) is 0 Å². The fraction of sp³-hybridized carbons (Fsp3) is 0.900. The van der Waals surface area contributed by atoms with E-state index in [2.05, 4.69) is 27.7 Å². The molecular weight excluding hydrogens is 332 g/mol. The maximum absolute atomic E-state index is 4.75. The molecule has 0 aromatic heterocycles. The van der Waals surface area contributed by atoms with Crippen LogP contribution in [0.2, 0.25) is 0 Å². The first-order valence-corrected chi connectivity index (χ1v) is 11.7. The molecule has 2 aliphatic carbocycles. The zero-order valence-electron chi connectivity index (χ0n) is 15.8. The molecule has 24 heavy (non-hydrogen) atoms. The zero-order valence-corrected chi connectivity index (χ0v) is 17.5. The molecule has 4 unspecified atom stereocenters. The average Bonchev–Trinajstić information content (AvgIpc) is 3.06. The Morgan fingerprint density at radius 2 is 1.21 bits per heavy atom. The topological polar surface area (TPSA) is 24.7 Å². The predicted octanol–water partition coefficient (Wildman–Crippen LogP) is 6.20. The van der Waals surface area contributed by atoms with E-state index < -0.39 is 0 Å². The van der Waals surface area contributed by atoms with Crippen LogP contribution < -0.4 is 0 Å². The number of hydrogen-bond donors (Lipinski definition) is 0. The zero-order chi connectivity index (χ0) is 17.1. The van der Waals surface area contributed by atoms with Crippen LogP contribution in [0.3, 0.4) is 0 Å². The van der Waals surface area contributed by atoms with Crippen LogP contribution in [0.4, 0.5) is 0 Å². The largest absolute Gasteiger partial charge is 0.279 e. The van der Waals surface area contributed by atoms with Gasteiger partial charge in [0.1, 0.15) is 0 Å². The fourth-order valence-electron chi connectivity index (χ4n) is 4.61. The number of nitrogens with zero attached hydrogens (tertiary/aromatic N) is 2. The second-order valence-corrected chi connectivity index (χ2v) is 10.9. The quantitative estimate of drug-likeness (QED) is 0.510. The molecule has 4 aliphatic rings. The highest BCUT2D eigenvalue weighted by molar-refractivity contribution is 8.15. The summed E-state index contributed by atoms with van der Waals surface area (Å²) in [5, 5.41) is 4.00. The van der Waals surface area contributed by atoms with Gasteiger partial charge in [-0.3, -0.25) is 9.98 Å². The highest BCUT2D eigenvalue weighted by atomic mass is 32.2. The Balaban J connectivity index is 0.000000162. The minimum Gasteiger partial charge on any atom is -0.279 e. The second-order valence-electron chi connectivity index (χ2n) is 8.14. The lowest BCUT2D eigenvalue weighted by atomic mass is 9.83. The third-order valence-electron chi connectivity index (χ3n) is 5.98. The lowest BCUT2D eigenvalue weighted by molar-refractivity contribution is 0.342. The molecule has 2 aliphatic heterocycles. The van der Waals surface area contributed by atoms with Crippen LogP contribution in [-0.4, -0.2) is 32.7 Å². The van der Waals surface area contributed by atoms with Crippen molar-refractivity contribution >= 4 is 33.6 Å². The smallest absolute Gasteiger partial charge is 0.0655 e. The molecule has 4 heteroatoms. The van der Waals surface area contributed by atoms with Crippen molar-refractivity contribution in [1.82, 2.24) is 0 Å². The molecule has 0 aromatic carbocycles. The van der Waals surface area contributed by atoms with Crippen LogP contribution in [0.25, 0.3) is 0 Å². The first kappa shape index (κ1) is 18.8. The summed E-state index contributed by atoms with van der Waals surface area (Å²) in [6, 6.07) is 1.09. The second kappa shape index (κ2) is 8.62. The number of rotatable bonds is 0. The molecule has 2 fully saturated rings. The summed E-state index contributed by atoms with van der Waals surface area (Å²) < 4.78 is 0. The van der Waals surface area contributed by atoms with Crippen molar-refractivity contribution in [2.45, 2.75) is 102 Å². The minimum absolute atomic E-state index is 0.543. The Kier molecular flexibility index (Phi) is 6.76. The van der Waals surface area contributed by atoms with Gasteiger partial charge < -0.3 is 0 Å². The van der Waals surface area contributed by atoms with Crippen LogP contribution >= 0.6 is 23.5 Å². The Bertz CT molecular complexity index is 448. The predicted molar refractivity (Wildman–Crippen MR) is 112 cm³/mol. The van der Waals surface area contributed by atoms with Crippen molar-refractivity contribution in [2.24, 2.45) is 21.8 Å².